The van der Waals surface area contributed by atoms with Gasteiger partial charge in [0.25, 0.3) is 0 Å². The molecule has 0 aromatic carbocycles. The number of carbonyl (C=O) groups excluding carboxylic acids is 2. The van der Waals surface area contributed by atoms with Crippen molar-refractivity contribution in [2.24, 2.45) is 0 Å². The Kier molecular flexibility index (Phi) is 1.97. The van der Waals surface area contributed by atoms with Gasteiger partial charge in [0.2, 0.25) is 5.78 Å². The van der Waals surface area contributed by atoms with Crippen LogP contribution in [0.2, 0.25) is 0 Å². The minimum atomic E-state index is -0.404. The van der Waals surface area contributed by atoms with Crippen LogP contribution in [-0.4, -0.2) is 11.6 Å². The molecule has 0 saturated carbocycles. The second-order valence-corrected chi connectivity index (χ2v) is 2.68. The van der Waals surface area contributed by atoms with Crippen molar-refractivity contribution in [2.75, 3.05) is 0 Å². The van der Waals surface area contributed by atoms with Crippen LogP contribution in [0.25, 0.3) is 0 Å². The number of carbonyl (C=O) groups is 2. The Morgan fingerprint density at radius 2 is 2.20 bits per heavy atom. The fourth-order valence-electron chi connectivity index (χ4n) is 0.597. The lowest BCUT2D eigenvalue weighted by molar-refractivity contribution is -0.113. The van der Waals surface area contributed by atoms with Crippen molar-refractivity contribution >= 4 is 22.9 Å². The molecule has 0 aliphatic rings. The molecule has 0 bridgehead atoms. The largest absolute Gasteiger partial charge is 0.291 e. The Morgan fingerprint density at radius 1 is 1.50 bits per heavy atom. The van der Waals surface area contributed by atoms with Gasteiger partial charge in [0.05, 0.1) is 0 Å². The number of rotatable bonds is 2. The van der Waals surface area contributed by atoms with E-state index in [0.29, 0.717) is 5.56 Å². The smallest absolute Gasteiger partial charge is 0.229 e. The van der Waals surface area contributed by atoms with Gasteiger partial charge in [-0.05, 0) is 11.4 Å². The second-order valence-electron chi connectivity index (χ2n) is 1.90. The van der Waals surface area contributed by atoms with E-state index >= 15 is 0 Å². The fourth-order valence-corrected chi connectivity index (χ4v) is 1.23. The van der Waals surface area contributed by atoms with Gasteiger partial charge in [-0.2, -0.15) is 11.3 Å². The highest BCUT2D eigenvalue weighted by Crippen LogP contribution is 2.06. The third-order valence-corrected chi connectivity index (χ3v) is 1.79. The second kappa shape index (κ2) is 2.75. The van der Waals surface area contributed by atoms with E-state index in [1.54, 1.807) is 16.8 Å². The summed E-state index contributed by atoms with van der Waals surface area (Å²) in [6.07, 6.45) is 0. The molecule has 1 aromatic rings. The van der Waals surface area contributed by atoms with Crippen LogP contribution in [0, 0.1) is 0 Å². The third kappa shape index (κ3) is 1.30. The molecule has 0 aliphatic heterocycles. The van der Waals surface area contributed by atoms with E-state index in [1.807, 2.05) is 0 Å². The average molecular weight is 154 g/mol. The van der Waals surface area contributed by atoms with E-state index in [2.05, 4.69) is 0 Å². The summed E-state index contributed by atoms with van der Waals surface area (Å²) >= 11 is 1.41. The summed E-state index contributed by atoms with van der Waals surface area (Å²) in [4.78, 5) is 21.4. The summed E-state index contributed by atoms with van der Waals surface area (Å²) in [7, 11) is 0. The molecule has 0 fully saturated rings. The first-order valence-corrected chi connectivity index (χ1v) is 3.73. The van der Waals surface area contributed by atoms with Crippen LogP contribution >= 0.6 is 11.3 Å². The highest BCUT2D eigenvalue weighted by Gasteiger charge is 2.09. The molecule has 0 unspecified atom stereocenters. The normalized spacial score (nSPS) is 9.30. The number of Topliss-reactive ketones (excluding diaryl/α,β-unsaturated/α-hetero) is 2. The maximum absolute atomic E-state index is 10.9. The van der Waals surface area contributed by atoms with Gasteiger partial charge in [-0.25, -0.2) is 0 Å². The van der Waals surface area contributed by atoms with Crippen LogP contribution in [0.1, 0.15) is 17.3 Å². The van der Waals surface area contributed by atoms with Gasteiger partial charge >= 0.3 is 0 Å². The molecule has 0 saturated heterocycles. The Balaban J connectivity index is 2.88. The summed E-state index contributed by atoms with van der Waals surface area (Å²) in [5.74, 6) is -0.806. The molecular weight excluding hydrogens is 148 g/mol. The van der Waals surface area contributed by atoms with E-state index in [0.717, 1.165) is 0 Å². The van der Waals surface area contributed by atoms with Crippen LogP contribution < -0.4 is 0 Å². The monoisotopic (exact) mass is 154 g/mol. The lowest BCUT2D eigenvalue weighted by Crippen LogP contribution is -2.07. The Bertz CT molecular complexity index is 249. The van der Waals surface area contributed by atoms with Gasteiger partial charge in [0, 0.05) is 17.9 Å². The van der Waals surface area contributed by atoms with Crippen LogP contribution in [0.15, 0.2) is 16.8 Å². The molecule has 2 nitrogen and oxygen atoms in total. The van der Waals surface area contributed by atoms with E-state index in [9.17, 15) is 9.59 Å². The lowest BCUT2D eigenvalue weighted by Gasteiger charge is -1.86. The maximum Gasteiger partial charge on any atom is 0.229 e. The summed E-state index contributed by atoms with van der Waals surface area (Å²) in [5.41, 5.74) is 0.498. The van der Waals surface area contributed by atoms with Gasteiger partial charge < -0.3 is 0 Å². The SMILES string of the molecule is CC(=O)C(=O)c1ccsc1. The first-order chi connectivity index (χ1) is 4.72. The Morgan fingerprint density at radius 3 is 2.60 bits per heavy atom. The number of thiophene rings is 1. The zero-order valence-electron chi connectivity index (χ0n) is 5.46. The van der Waals surface area contributed by atoms with Crippen molar-refractivity contribution in [3.05, 3.63) is 22.4 Å². The lowest BCUT2D eigenvalue weighted by atomic mass is 10.2. The molecule has 10 heavy (non-hydrogen) atoms. The fraction of sp³-hybridized carbons (Fsp3) is 0.143. The molecule has 0 radical (unpaired) electrons. The predicted octanol–water partition coefficient (Wildman–Crippen LogP) is 1.52. The maximum atomic E-state index is 10.9. The van der Waals surface area contributed by atoms with Gasteiger partial charge in [-0.1, -0.05) is 0 Å². The molecule has 3 heteroatoms. The molecule has 52 valence electrons. The van der Waals surface area contributed by atoms with Gasteiger partial charge in [-0.15, -0.1) is 0 Å². The zero-order chi connectivity index (χ0) is 7.56. The first kappa shape index (κ1) is 7.15. The average Bonchev–Trinajstić information content (AvgIpc) is 2.36. The van der Waals surface area contributed by atoms with Crippen LogP contribution in [0.5, 0.6) is 0 Å². The molecule has 0 spiro atoms. The molecular formula is C7H6O2S. The van der Waals surface area contributed by atoms with Crippen LogP contribution in [-0.2, 0) is 4.79 Å². The number of hydrogen-bond acceptors (Lipinski definition) is 3. The zero-order valence-corrected chi connectivity index (χ0v) is 6.27. The first-order valence-electron chi connectivity index (χ1n) is 2.79. The summed E-state index contributed by atoms with van der Waals surface area (Å²) in [6.45, 7) is 1.28. The molecule has 0 N–H and O–H groups in total. The highest BCUT2D eigenvalue weighted by atomic mass is 32.1. The number of ketones is 2. The highest BCUT2D eigenvalue weighted by molar-refractivity contribution is 7.08. The third-order valence-electron chi connectivity index (χ3n) is 1.10. The molecule has 1 aromatic heterocycles. The minimum absolute atomic E-state index is 0.402. The van der Waals surface area contributed by atoms with E-state index in [-0.39, 0.29) is 0 Å². The predicted molar refractivity (Wildman–Crippen MR) is 39.3 cm³/mol. The molecule has 1 rings (SSSR count). The Labute approximate surface area is 62.5 Å². The molecule has 1 heterocycles. The number of hydrogen-bond donors (Lipinski definition) is 0. The van der Waals surface area contributed by atoms with Crippen molar-refractivity contribution in [1.82, 2.24) is 0 Å². The van der Waals surface area contributed by atoms with Crippen molar-refractivity contribution < 1.29 is 9.59 Å². The molecule has 0 aliphatic carbocycles. The summed E-state index contributed by atoms with van der Waals surface area (Å²) < 4.78 is 0. The summed E-state index contributed by atoms with van der Waals surface area (Å²) in [6, 6.07) is 1.65. The van der Waals surface area contributed by atoms with E-state index in [4.69, 9.17) is 0 Å². The van der Waals surface area contributed by atoms with Crippen molar-refractivity contribution in [3.8, 4) is 0 Å². The van der Waals surface area contributed by atoms with Gasteiger partial charge in [0.1, 0.15) is 0 Å². The summed E-state index contributed by atoms with van der Waals surface area (Å²) in [5, 5.41) is 3.44. The van der Waals surface area contributed by atoms with Crippen molar-refractivity contribution in [2.45, 2.75) is 6.92 Å². The minimum Gasteiger partial charge on any atom is -0.291 e. The van der Waals surface area contributed by atoms with E-state index in [1.165, 1.54) is 18.3 Å². The molecule has 0 atom stereocenters. The van der Waals surface area contributed by atoms with Crippen molar-refractivity contribution in [1.29, 1.82) is 0 Å². The quantitative estimate of drug-likeness (QED) is 0.478. The van der Waals surface area contributed by atoms with Gasteiger partial charge in [-0.3, -0.25) is 9.59 Å². The van der Waals surface area contributed by atoms with Crippen LogP contribution in [0.3, 0.4) is 0 Å². The topological polar surface area (TPSA) is 34.1 Å². The van der Waals surface area contributed by atoms with Crippen LogP contribution in [0.4, 0.5) is 0 Å². The van der Waals surface area contributed by atoms with Gasteiger partial charge in [0.15, 0.2) is 5.78 Å². The Hall–Kier alpha value is -0.960. The van der Waals surface area contributed by atoms with Crippen molar-refractivity contribution in [3.63, 3.8) is 0 Å². The molecule has 0 amide bonds. The van der Waals surface area contributed by atoms with E-state index < -0.39 is 11.6 Å². The standard InChI is InChI=1S/C7H6O2S/c1-5(8)7(9)6-2-3-10-4-6/h2-4H,1H3.